The molecule has 0 aromatic carbocycles. The molecule has 0 spiro atoms. The molecule has 0 aromatic rings. The topological polar surface area (TPSA) is 24.7 Å². The van der Waals surface area contributed by atoms with Gasteiger partial charge in [0.15, 0.2) is 0 Å². The zero-order chi connectivity index (χ0) is 6.97. The van der Waals surface area contributed by atoms with E-state index in [4.69, 9.17) is 0 Å². The molecule has 3 atom stereocenters. The fourth-order valence-electron chi connectivity index (χ4n) is 2.12. The van der Waals surface area contributed by atoms with Crippen LogP contribution in [0.15, 0.2) is 10.2 Å². The van der Waals surface area contributed by atoms with Gasteiger partial charge in [0.1, 0.15) is 0 Å². The first-order valence-electron chi connectivity index (χ1n) is 4.28. The van der Waals surface area contributed by atoms with E-state index in [9.17, 15) is 0 Å². The predicted octanol–water partition coefficient (Wildman–Crippen LogP) is 2.40. The molecule has 0 aromatic heterocycles. The minimum Gasteiger partial charge on any atom is -0.190 e. The number of hydrogen-bond donors (Lipinski definition) is 0. The highest BCUT2D eigenvalue weighted by atomic mass is 15.2. The molecule has 10 heavy (non-hydrogen) atoms. The maximum atomic E-state index is 4.26. The van der Waals surface area contributed by atoms with Crippen LogP contribution < -0.4 is 0 Å². The van der Waals surface area contributed by atoms with E-state index in [0.717, 1.165) is 5.92 Å². The minimum absolute atomic E-state index is 0.519. The molecule has 1 fully saturated rings. The van der Waals surface area contributed by atoms with Gasteiger partial charge in [-0.15, -0.1) is 0 Å². The van der Waals surface area contributed by atoms with Gasteiger partial charge >= 0.3 is 0 Å². The molecule has 0 bridgehead atoms. The van der Waals surface area contributed by atoms with Crippen LogP contribution in [0, 0.1) is 5.92 Å². The van der Waals surface area contributed by atoms with E-state index in [1.54, 1.807) is 0 Å². The molecule has 1 aliphatic carbocycles. The van der Waals surface area contributed by atoms with E-state index < -0.39 is 0 Å². The normalized spacial score (nSPS) is 45.5. The molecular weight excluding hydrogens is 124 g/mol. The molecule has 2 rings (SSSR count). The Hall–Kier alpha value is -0.400. The van der Waals surface area contributed by atoms with Crippen molar-refractivity contribution in [1.82, 2.24) is 0 Å². The molecule has 56 valence electrons. The third-order valence-electron chi connectivity index (χ3n) is 2.80. The van der Waals surface area contributed by atoms with Gasteiger partial charge in [-0.05, 0) is 19.8 Å². The van der Waals surface area contributed by atoms with Gasteiger partial charge in [-0.2, -0.15) is 10.2 Å². The fraction of sp³-hybridized carbons (Fsp3) is 1.00. The summed E-state index contributed by atoms with van der Waals surface area (Å²) in [6, 6.07) is 1.12. The first-order valence-corrected chi connectivity index (χ1v) is 4.28. The average Bonchev–Trinajstić information content (AvgIpc) is 2.34. The Morgan fingerprint density at radius 3 is 2.70 bits per heavy atom. The lowest BCUT2D eigenvalue weighted by Crippen LogP contribution is -2.25. The van der Waals surface area contributed by atoms with Gasteiger partial charge in [0.05, 0.1) is 12.1 Å². The van der Waals surface area contributed by atoms with Crippen molar-refractivity contribution in [2.24, 2.45) is 16.1 Å². The van der Waals surface area contributed by atoms with Gasteiger partial charge in [0.25, 0.3) is 0 Å². The standard InChI is InChI=1S/C8H14N2/c1-6-7-4-2-3-5-8(7)10-9-6/h6-8H,2-5H2,1H3. The molecule has 2 heteroatoms. The third kappa shape index (κ3) is 0.862. The van der Waals surface area contributed by atoms with E-state index in [1.807, 2.05) is 0 Å². The lowest BCUT2D eigenvalue weighted by atomic mass is 9.82. The van der Waals surface area contributed by atoms with Crippen LogP contribution in [0.5, 0.6) is 0 Å². The van der Waals surface area contributed by atoms with E-state index >= 15 is 0 Å². The van der Waals surface area contributed by atoms with Gasteiger partial charge in [0, 0.05) is 5.92 Å². The smallest absolute Gasteiger partial charge is 0.0757 e. The van der Waals surface area contributed by atoms with Crippen molar-refractivity contribution in [1.29, 1.82) is 0 Å². The maximum absolute atomic E-state index is 4.26. The molecule has 0 amide bonds. The van der Waals surface area contributed by atoms with Crippen LogP contribution in [0.1, 0.15) is 32.6 Å². The van der Waals surface area contributed by atoms with E-state index in [0.29, 0.717) is 12.1 Å². The van der Waals surface area contributed by atoms with Gasteiger partial charge < -0.3 is 0 Å². The van der Waals surface area contributed by atoms with Crippen LogP contribution in [-0.4, -0.2) is 12.1 Å². The Morgan fingerprint density at radius 2 is 1.90 bits per heavy atom. The summed E-state index contributed by atoms with van der Waals surface area (Å²) in [6.45, 7) is 2.19. The Bertz CT molecular complexity index is 153. The zero-order valence-electron chi connectivity index (χ0n) is 6.45. The van der Waals surface area contributed by atoms with Crippen molar-refractivity contribution in [3.8, 4) is 0 Å². The first kappa shape index (κ1) is 6.32. The second kappa shape index (κ2) is 2.33. The molecular formula is C8H14N2. The SMILES string of the molecule is CC1N=NC2CCCCC12. The van der Waals surface area contributed by atoms with E-state index in [2.05, 4.69) is 17.2 Å². The number of rotatable bonds is 0. The molecule has 3 unspecified atom stereocenters. The predicted molar refractivity (Wildman–Crippen MR) is 40.1 cm³/mol. The monoisotopic (exact) mass is 138 g/mol. The summed E-state index contributed by atoms with van der Waals surface area (Å²) in [7, 11) is 0. The summed E-state index contributed by atoms with van der Waals surface area (Å²) in [6.07, 6.45) is 5.42. The highest BCUT2D eigenvalue weighted by molar-refractivity contribution is 4.90. The molecule has 1 heterocycles. The average molecular weight is 138 g/mol. The number of hydrogen-bond acceptors (Lipinski definition) is 2. The van der Waals surface area contributed by atoms with E-state index in [1.165, 1.54) is 25.7 Å². The summed E-state index contributed by atoms with van der Waals surface area (Å²) in [4.78, 5) is 0. The second-order valence-corrected chi connectivity index (χ2v) is 3.49. The molecule has 0 saturated heterocycles. The second-order valence-electron chi connectivity index (χ2n) is 3.49. The summed E-state index contributed by atoms with van der Waals surface area (Å²) >= 11 is 0. The van der Waals surface area contributed by atoms with Crippen LogP contribution in [-0.2, 0) is 0 Å². The van der Waals surface area contributed by atoms with Crippen molar-refractivity contribution in [3.63, 3.8) is 0 Å². The van der Waals surface area contributed by atoms with Crippen LogP contribution in [0.25, 0.3) is 0 Å². The fourth-order valence-corrected chi connectivity index (χ4v) is 2.12. The molecule has 1 saturated carbocycles. The van der Waals surface area contributed by atoms with Crippen molar-refractivity contribution < 1.29 is 0 Å². The van der Waals surface area contributed by atoms with Gasteiger partial charge in [-0.25, -0.2) is 0 Å². The molecule has 1 aliphatic heterocycles. The highest BCUT2D eigenvalue weighted by Gasteiger charge is 2.33. The molecule has 2 nitrogen and oxygen atoms in total. The Morgan fingerprint density at radius 1 is 1.10 bits per heavy atom. The van der Waals surface area contributed by atoms with E-state index in [-0.39, 0.29) is 0 Å². The van der Waals surface area contributed by atoms with Crippen molar-refractivity contribution in [2.75, 3.05) is 0 Å². The first-order chi connectivity index (χ1) is 4.88. The van der Waals surface area contributed by atoms with Gasteiger partial charge in [-0.3, -0.25) is 0 Å². The highest BCUT2D eigenvalue weighted by Crippen LogP contribution is 2.35. The van der Waals surface area contributed by atoms with Crippen LogP contribution >= 0.6 is 0 Å². The van der Waals surface area contributed by atoms with Crippen LogP contribution in [0.3, 0.4) is 0 Å². The lowest BCUT2D eigenvalue weighted by molar-refractivity contribution is 0.315. The van der Waals surface area contributed by atoms with Crippen molar-refractivity contribution in [2.45, 2.75) is 44.7 Å². The number of fused-ring (bicyclic) bond motifs is 1. The Labute approximate surface area is 61.7 Å². The quantitative estimate of drug-likeness (QED) is 0.491. The summed E-state index contributed by atoms with van der Waals surface area (Å²) in [5, 5.41) is 8.47. The summed E-state index contributed by atoms with van der Waals surface area (Å²) < 4.78 is 0. The zero-order valence-corrected chi connectivity index (χ0v) is 6.45. The summed E-state index contributed by atoms with van der Waals surface area (Å²) in [5.41, 5.74) is 0. The molecule has 0 radical (unpaired) electrons. The van der Waals surface area contributed by atoms with Crippen molar-refractivity contribution in [3.05, 3.63) is 0 Å². The molecule has 0 N–H and O–H groups in total. The van der Waals surface area contributed by atoms with Gasteiger partial charge in [0.2, 0.25) is 0 Å². The maximum Gasteiger partial charge on any atom is 0.0757 e. The van der Waals surface area contributed by atoms with Crippen LogP contribution in [0.4, 0.5) is 0 Å². The largest absolute Gasteiger partial charge is 0.190 e. The Kier molecular flexibility index (Phi) is 1.47. The third-order valence-corrected chi connectivity index (χ3v) is 2.80. The van der Waals surface area contributed by atoms with Gasteiger partial charge in [-0.1, -0.05) is 12.8 Å². The lowest BCUT2D eigenvalue weighted by Gasteiger charge is -2.23. The number of azo groups is 1. The minimum atomic E-state index is 0.519. The molecule has 2 aliphatic rings. The van der Waals surface area contributed by atoms with Crippen molar-refractivity contribution >= 4 is 0 Å². The Balaban J connectivity index is 2.07. The number of nitrogens with zero attached hydrogens (tertiary/aromatic N) is 2. The van der Waals surface area contributed by atoms with Crippen LogP contribution in [0.2, 0.25) is 0 Å². The summed E-state index contributed by atoms with van der Waals surface area (Å²) in [5.74, 6) is 0.800.